The van der Waals surface area contributed by atoms with Gasteiger partial charge in [0.15, 0.2) is 6.61 Å². The van der Waals surface area contributed by atoms with Crippen LogP contribution in [0.4, 0.5) is 11.4 Å². The highest BCUT2D eigenvalue weighted by Crippen LogP contribution is 2.64. The Morgan fingerprint density at radius 1 is 1.22 bits per heavy atom. The molecule has 1 aromatic rings. The molecule has 4 saturated carbocycles. The number of nitrogens with zero attached hydrogens (tertiary/aromatic N) is 1. The minimum absolute atomic E-state index is 0.0308. The molecule has 5 rings (SSSR count). The molecule has 144 valence electrons. The van der Waals surface area contributed by atoms with Gasteiger partial charge in [-0.1, -0.05) is 28.1 Å². The van der Waals surface area contributed by atoms with E-state index in [-0.39, 0.29) is 21.7 Å². The molecule has 7 nitrogen and oxygen atoms in total. The number of nitrogens with one attached hydrogen (secondary N) is 1. The van der Waals surface area contributed by atoms with E-state index in [2.05, 4.69) is 21.2 Å². The third-order valence-corrected chi connectivity index (χ3v) is 7.06. The summed E-state index contributed by atoms with van der Waals surface area (Å²) in [6, 6.07) is 5.88. The number of benzene rings is 1. The van der Waals surface area contributed by atoms with Crippen molar-refractivity contribution in [3.05, 3.63) is 34.4 Å². The van der Waals surface area contributed by atoms with Gasteiger partial charge >= 0.3 is 5.97 Å². The highest BCUT2D eigenvalue weighted by Gasteiger charge is 2.60. The number of alkyl halides is 1. The molecule has 1 N–H and O–H groups in total. The van der Waals surface area contributed by atoms with Crippen LogP contribution in [-0.4, -0.2) is 27.7 Å². The number of nitro groups is 1. The van der Waals surface area contributed by atoms with Gasteiger partial charge in [-0.3, -0.25) is 19.7 Å². The molecule has 4 aliphatic carbocycles. The lowest BCUT2D eigenvalue weighted by atomic mass is 9.49. The smallest absolute Gasteiger partial charge is 0.312 e. The van der Waals surface area contributed by atoms with E-state index in [1.165, 1.54) is 24.6 Å². The number of esters is 1. The highest BCUT2D eigenvalue weighted by molar-refractivity contribution is 9.10. The first kappa shape index (κ1) is 18.4. The third-order valence-electron chi connectivity index (χ3n) is 6.13. The normalized spacial score (nSPS) is 33.5. The highest BCUT2D eigenvalue weighted by atomic mass is 79.9. The van der Waals surface area contributed by atoms with Crippen molar-refractivity contribution in [2.45, 2.75) is 42.8 Å². The summed E-state index contributed by atoms with van der Waals surface area (Å²) in [7, 11) is 0. The first-order chi connectivity index (χ1) is 12.8. The van der Waals surface area contributed by atoms with Crippen LogP contribution in [-0.2, 0) is 14.3 Å². The van der Waals surface area contributed by atoms with Crippen LogP contribution < -0.4 is 5.32 Å². The van der Waals surface area contributed by atoms with Crippen molar-refractivity contribution < 1.29 is 19.2 Å². The van der Waals surface area contributed by atoms with E-state index in [4.69, 9.17) is 4.74 Å². The SMILES string of the molecule is O=C(COC(=O)C12CC3CC(CC(Br)(C3)C1)C2)Nc1ccccc1[N+](=O)[O-]. The number of amides is 1. The molecule has 27 heavy (non-hydrogen) atoms. The Bertz CT molecular complexity index is 797. The van der Waals surface area contributed by atoms with Crippen molar-refractivity contribution >= 4 is 39.2 Å². The lowest BCUT2D eigenvalue weighted by Crippen LogP contribution is -2.56. The number of rotatable bonds is 5. The Balaban J connectivity index is 1.39. The number of halogens is 1. The minimum Gasteiger partial charge on any atom is -0.455 e. The molecule has 2 atom stereocenters. The van der Waals surface area contributed by atoms with E-state index in [1.807, 2.05) is 0 Å². The van der Waals surface area contributed by atoms with Crippen LogP contribution in [0.25, 0.3) is 0 Å². The lowest BCUT2D eigenvalue weighted by molar-refractivity contribution is -0.383. The zero-order chi connectivity index (χ0) is 19.2. The molecule has 1 aromatic carbocycles. The van der Waals surface area contributed by atoms with E-state index in [9.17, 15) is 19.7 Å². The zero-order valence-electron chi connectivity index (χ0n) is 14.8. The minimum atomic E-state index is -0.573. The molecule has 0 aliphatic heterocycles. The number of carbonyl (C=O) groups is 2. The Kier molecular flexibility index (Phi) is 4.49. The van der Waals surface area contributed by atoms with Gasteiger partial charge < -0.3 is 10.1 Å². The Morgan fingerprint density at radius 2 is 1.89 bits per heavy atom. The number of carbonyl (C=O) groups excluding carboxylic acids is 2. The second kappa shape index (κ2) is 6.58. The average Bonchev–Trinajstić information content (AvgIpc) is 2.57. The van der Waals surface area contributed by atoms with E-state index >= 15 is 0 Å². The molecular weight excluding hydrogens is 416 g/mol. The molecule has 0 radical (unpaired) electrons. The summed E-state index contributed by atoms with van der Waals surface area (Å²) in [5.74, 6) is 0.201. The van der Waals surface area contributed by atoms with Crippen molar-refractivity contribution in [3.63, 3.8) is 0 Å². The van der Waals surface area contributed by atoms with E-state index in [1.54, 1.807) is 6.07 Å². The molecule has 2 unspecified atom stereocenters. The second-order valence-electron chi connectivity index (χ2n) is 8.29. The summed E-state index contributed by atoms with van der Waals surface area (Å²) < 4.78 is 5.40. The van der Waals surface area contributed by atoms with Crippen LogP contribution in [0.1, 0.15) is 38.5 Å². The van der Waals surface area contributed by atoms with Gasteiger partial charge in [0.2, 0.25) is 0 Å². The van der Waals surface area contributed by atoms with Crippen LogP contribution >= 0.6 is 15.9 Å². The predicted molar refractivity (Wildman–Crippen MR) is 101 cm³/mol. The van der Waals surface area contributed by atoms with Gasteiger partial charge in [-0.15, -0.1) is 0 Å². The number of hydrogen-bond acceptors (Lipinski definition) is 5. The summed E-state index contributed by atoms with van der Waals surface area (Å²) in [6.07, 6.45) is 5.83. The maximum atomic E-state index is 12.8. The van der Waals surface area contributed by atoms with Crippen LogP contribution in [0.2, 0.25) is 0 Å². The Labute approximate surface area is 165 Å². The van der Waals surface area contributed by atoms with Gasteiger partial charge in [-0.2, -0.15) is 0 Å². The van der Waals surface area contributed by atoms with E-state index in [0.717, 1.165) is 32.1 Å². The molecule has 4 bridgehead atoms. The fourth-order valence-corrected chi connectivity index (χ4v) is 7.05. The van der Waals surface area contributed by atoms with Crippen LogP contribution in [0, 0.1) is 27.4 Å². The monoisotopic (exact) mass is 436 g/mol. The molecule has 1 amide bonds. The van der Waals surface area contributed by atoms with Crippen LogP contribution in [0.5, 0.6) is 0 Å². The standard InChI is InChI=1S/C19H21BrN2O5/c20-19-8-12-5-13(9-19)7-18(6-12,11-19)17(24)27-10-16(23)21-14-3-1-2-4-15(14)22(25)26/h1-4,12-13H,5-11H2,(H,21,23). The van der Waals surface area contributed by atoms with E-state index < -0.39 is 22.9 Å². The maximum Gasteiger partial charge on any atom is 0.312 e. The number of nitro benzene ring substituents is 1. The first-order valence-corrected chi connectivity index (χ1v) is 9.97. The number of anilines is 1. The van der Waals surface area contributed by atoms with Crippen LogP contribution in [0.3, 0.4) is 0 Å². The molecule has 4 aliphatic rings. The summed E-state index contributed by atoms with van der Waals surface area (Å²) >= 11 is 3.86. The predicted octanol–water partition coefficient (Wildman–Crippen LogP) is 3.81. The second-order valence-corrected chi connectivity index (χ2v) is 9.97. The van der Waals surface area contributed by atoms with Crippen molar-refractivity contribution in [2.75, 3.05) is 11.9 Å². The Morgan fingerprint density at radius 3 is 2.52 bits per heavy atom. The average molecular weight is 437 g/mol. The third kappa shape index (κ3) is 3.47. The van der Waals surface area contributed by atoms with Gasteiger partial charge in [0.25, 0.3) is 11.6 Å². The summed E-state index contributed by atoms with van der Waals surface area (Å²) in [5, 5.41) is 13.5. The van der Waals surface area contributed by atoms with Gasteiger partial charge in [0, 0.05) is 10.4 Å². The molecule has 8 heteroatoms. The van der Waals surface area contributed by atoms with Gasteiger partial charge in [-0.05, 0) is 56.4 Å². The van der Waals surface area contributed by atoms with Gasteiger partial charge in [0.1, 0.15) is 5.69 Å². The quantitative estimate of drug-likeness (QED) is 0.327. The van der Waals surface area contributed by atoms with Crippen molar-refractivity contribution in [1.29, 1.82) is 0 Å². The van der Waals surface area contributed by atoms with E-state index in [0.29, 0.717) is 11.8 Å². The summed E-state index contributed by atoms with van der Waals surface area (Å²) in [5.41, 5.74) is -0.593. The summed E-state index contributed by atoms with van der Waals surface area (Å²) in [6.45, 7) is -0.433. The molecule has 4 fully saturated rings. The van der Waals surface area contributed by atoms with Crippen LogP contribution in [0.15, 0.2) is 24.3 Å². The fourth-order valence-electron chi connectivity index (χ4n) is 5.60. The largest absolute Gasteiger partial charge is 0.455 e. The number of ether oxygens (including phenoxy) is 1. The van der Waals surface area contributed by atoms with Gasteiger partial charge in [0.05, 0.1) is 10.3 Å². The van der Waals surface area contributed by atoms with Gasteiger partial charge in [-0.25, -0.2) is 0 Å². The van der Waals surface area contributed by atoms with Crippen molar-refractivity contribution in [2.24, 2.45) is 17.3 Å². The zero-order valence-corrected chi connectivity index (χ0v) is 16.4. The Hall–Kier alpha value is -1.96. The fraction of sp³-hybridized carbons (Fsp3) is 0.579. The maximum absolute atomic E-state index is 12.8. The number of para-hydroxylation sites is 2. The molecule has 0 saturated heterocycles. The summed E-state index contributed by atoms with van der Waals surface area (Å²) in [4.78, 5) is 35.5. The van der Waals surface area contributed by atoms with Crippen molar-refractivity contribution in [3.8, 4) is 0 Å². The topological polar surface area (TPSA) is 98.5 Å². The molecule has 0 spiro atoms. The first-order valence-electron chi connectivity index (χ1n) is 9.18. The lowest BCUT2D eigenvalue weighted by Gasteiger charge is -2.58. The molecule has 0 heterocycles. The van der Waals surface area contributed by atoms with Crippen molar-refractivity contribution in [1.82, 2.24) is 0 Å². The molecular formula is C19H21BrN2O5. The number of hydrogen-bond donors (Lipinski definition) is 1. The molecule has 0 aromatic heterocycles.